The van der Waals surface area contributed by atoms with Gasteiger partial charge in [0.1, 0.15) is 0 Å². The van der Waals surface area contributed by atoms with Gasteiger partial charge in [0.25, 0.3) is 0 Å². The second-order valence-corrected chi connectivity index (χ2v) is 3.71. The molecule has 0 bridgehead atoms. The minimum atomic E-state index is -0.601. The predicted molar refractivity (Wildman–Crippen MR) is 52.0 cm³/mol. The molecule has 0 spiro atoms. The first-order valence-electron chi connectivity index (χ1n) is 4.34. The van der Waals surface area contributed by atoms with Gasteiger partial charge >= 0.3 is 0 Å². The predicted octanol–water partition coefficient (Wildman–Crippen LogP) is 0.675. The van der Waals surface area contributed by atoms with E-state index in [0.29, 0.717) is 12.8 Å². The van der Waals surface area contributed by atoms with Gasteiger partial charge in [-0.3, -0.25) is 4.79 Å². The largest absolute Gasteiger partial charge is 0.393 e. The Morgan fingerprint density at radius 1 is 1.69 bits per heavy atom. The minimum absolute atomic E-state index is 0.121. The first kappa shape index (κ1) is 12.0. The summed E-state index contributed by atoms with van der Waals surface area (Å²) < 4.78 is 0. The smallest absolute Gasteiger partial charge is 0.221 e. The van der Waals surface area contributed by atoms with Crippen LogP contribution in [0.15, 0.2) is 0 Å². The van der Waals surface area contributed by atoms with Crippen LogP contribution >= 0.6 is 0 Å². The molecular weight excluding hydrogens is 166 g/mol. The molecule has 74 valence electrons. The number of terminal acetylenes is 1. The zero-order valence-corrected chi connectivity index (χ0v) is 8.42. The van der Waals surface area contributed by atoms with Gasteiger partial charge < -0.3 is 10.4 Å². The summed E-state index contributed by atoms with van der Waals surface area (Å²) >= 11 is 0. The summed E-state index contributed by atoms with van der Waals surface area (Å²) in [5.41, 5.74) is -0.601. The van der Waals surface area contributed by atoms with Gasteiger partial charge in [-0.25, -0.2) is 0 Å². The van der Waals surface area contributed by atoms with Crippen LogP contribution in [0.1, 0.15) is 33.6 Å². The second-order valence-electron chi connectivity index (χ2n) is 3.71. The molecule has 0 rings (SSSR count). The Kier molecular flexibility index (Phi) is 4.50. The molecule has 0 aromatic rings. The lowest BCUT2D eigenvalue weighted by molar-refractivity contribution is -0.122. The van der Waals surface area contributed by atoms with Crippen molar-refractivity contribution in [1.82, 2.24) is 5.32 Å². The monoisotopic (exact) mass is 183 g/mol. The van der Waals surface area contributed by atoms with Crippen molar-refractivity contribution < 1.29 is 9.90 Å². The normalized spacial score (nSPS) is 13.2. The van der Waals surface area contributed by atoms with Gasteiger partial charge in [0, 0.05) is 6.42 Å². The molecule has 3 heteroatoms. The molecule has 0 heterocycles. The van der Waals surface area contributed by atoms with Crippen LogP contribution < -0.4 is 5.32 Å². The Bertz CT molecular complexity index is 213. The molecule has 0 aliphatic heterocycles. The van der Waals surface area contributed by atoms with Gasteiger partial charge in [0.2, 0.25) is 5.91 Å². The Labute approximate surface area is 79.5 Å². The first-order chi connectivity index (χ1) is 5.87. The highest BCUT2D eigenvalue weighted by Crippen LogP contribution is 2.02. The van der Waals surface area contributed by atoms with E-state index in [4.69, 9.17) is 11.5 Å². The van der Waals surface area contributed by atoms with Crippen LogP contribution in [0.3, 0.4) is 0 Å². The van der Waals surface area contributed by atoms with E-state index in [-0.39, 0.29) is 5.91 Å². The maximum Gasteiger partial charge on any atom is 0.221 e. The van der Waals surface area contributed by atoms with Gasteiger partial charge in [-0.1, -0.05) is 5.92 Å². The number of carbonyl (C=O) groups is 1. The van der Waals surface area contributed by atoms with Crippen molar-refractivity contribution in [3.8, 4) is 12.3 Å². The summed E-state index contributed by atoms with van der Waals surface area (Å²) in [6.07, 6.45) is 5.52. The molecule has 1 unspecified atom stereocenters. The summed E-state index contributed by atoms with van der Waals surface area (Å²) in [7, 11) is 0. The fraction of sp³-hybridized carbons (Fsp3) is 0.700. The second kappa shape index (κ2) is 4.88. The van der Waals surface area contributed by atoms with Gasteiger partial charge in [-0.2, -0.15) is 0 Å². The highest BCUT2D eigenvalue weighted by atomic mass is 16.3. The molecule has 0 fully saturated rings. The zero-order valence-electron chi connectivity index (χ0n) is 8.42. The average Bonchev–Trinajstić information content (AvgIpc) is 2.00. The molecule has 13 heavy (non-hydrogen) atoms. The quantitative estimate of drug-likeness (QED) is 0.629. The van der Waals surface area contributed by atoms with Gasteiger partial charge in [-0.05, 0) is 27.2 Å². The lowest BCUT2D eigenvalue weighted by Crippen LogP contribution is -2.42. The van der Waals surface area contributed by atoms with E-state index in [0.717, 1.165) is 0 Å². The highest BCUT2D eigenvalue weighted by Gasteiger charge is 2.16. The third-order valence-corrected chi connectivity index (χ3v) is 1.60. The third-order valence-electron chi connectivity index (χ3n) is 1.60. The lowest BCUT2D eigenvalue weighted by atomic mass is 10.1. The van der Waals surface area contributed by atoms with Crippen molar-refractivity contribution in [2.75, 3.05) is 0 Å². The number of amides is 1. The molecule has 1 atom stereocenters. The van der Waals surface area contributed by atoms with Gasteiger partial charge in [0.05, 0.1) is 11.6 Å². The van der Waals surface area contributed by atoms with Crippen LogP contribution in [0.4, 0.5) is 0 Å². The van der Waals surface area contributed by atoms with Crippen molar-refractivity contribution in [3.05, 3.63) is 0 Å². The molecule has 0 aromatic heterocycles. The average molecular weight is 183 g/mol. The molecule has 0 saturated heterocycles. The van der Waals surface area contributed by atoms with Crippen molar-refractivity contribution in [1.29, 1.82) is 0 Å². The Balaban J connectivity index is 3.83. The summed E-state index contributed by atoms with van der Waals surface area (Å²) in [4.78, 5) is 11.2. The third kappa shape index (κ3) is 6.18. The fourth-order valence-corrected chi connectivity index (χ4v) is 0.787. The molecule has 0 saturated carbocycles. The molecule has 0 aromatic carbocycles. The Morgan fingerprint density at radius 3 is 2.62 bits per heavy atom. The van der Waals surface area contributed by atoms with Crippen molar-refractivity contribution in [2.45, 2.75) is 45.3 Å². The van der Waals surface area contributed by atoms with Crippen LogP contribution in [-0.2, 0) is 4.79 Å². The molecule has 3 nitrogen and oxygen atoms in total. The summed E-state index contributed by atoms with van der Waals surface area (Å²) in [5.74, 6) is 2.34. The zero-order chi connectivity index (χ0) is 10.5. The van der Waals surface area contributed by atoms with Gasteiger partial charge in [0.15, 0.2) is 0 Å². The summed E-state index contributed by atoms with van der Waals surface area (Å²) in [6.45, 7) is 5.17. The molecule has 0 aliphatic carbocycles. The van der Waals surface area contributed by atoms with Crippen molar-refractivity contribution >= 4 is 5.91 Å². The van der Waals surface area contributed by atoms with Crippen LogP contribution in [0.25, 0.3) is 0 Å². The number of carbonyl (C=O) groups excluding carboxylic acids is 1. The lowest BCUT2D eigenvalue weighted by Gasteiger charge is -2.19. The van der Waals surface area contributed by atoms with E-state index < -0.39 is 11.6 Å². The number of aliphatic hydroxyl groups is 1. The summed E-state index contributed by atoms with van der Waals surface area (Å²) in [5, 5.41) is 11.6. The van der Waals surface area contributed by atoms with E-state index >= 15 is 0 Å². The molecular formula is C10H17NO2. The molecule has 0 aliphatic rings. The maximum atomic E-state index is 11.2. The molecule has 2 N–H and O–H groups in total. The first-order valence-corrected chi connectivity index (χ1v) is 4.34. The number of aliphatic hydroxyl groups excluding tert-OH is 1. The summed E-state index contributed by atoms with van der Waals surface area (Å²) in [6, 6.07) is 0. The number of nitrogens with one attached hydrogen (secondary N) is 1. The van der Waals surface area contributed by atoms with Gasteiger partial charge in [-0.15, -0.1) is 6.42 Å². The van der Waals surface area contributed by atoms with E-state index in [1.54, 1.807) is 20.8 Å². The van der Waals surface area contributed by atoms with Crippen molar-refractivity contribution in [2.24, 2.45) is 0 Å². The topological polar surface area (TPSA) is 49.3 Å². The fourth-order valence-electron chi connectivity index (χ4n) is 0.787. The van der Waals surface area contributed by atoms with E-state index in [1.807, 2.05) is 0 Å². The SMILES string of the molecule is C#CC(C)(C)NC(=O)CCC(C)O. The van der Waals surface area contributed by atoms with Crippen LogP contribution in [0.2, 0.25) is 0 Å². The maximum absolute atomic E-state index is 11.2. The van der Waals surface area contributed by atoms with E-state index in [1.165, 1.54) is 0 Å². The van der Waals surface area contributed by atoms with Crippen LogP contribution in [-0.4, -0.2) is 22.7 Å². The number of hydrogen-bond acceptors (Lipinski definition) is 2. The van der Waals surface area contributed by atoms with E-state index in [9.17, 15) is 4.79 Å². The molecule has 0 radical (unpaired) electrons. The standard InChI is InChI=1S/C10H17NO2/c1-5-10(3,4)11-9(13)7-6-8(2)12/h1,8,12H,6-7H2,2-4H3,(H,11,13). The minimum Gasteiger partial charge on any atom is -0.393 e. The van der Waals surface area contributed by atoms with Crippen LogP contribution in [0.5, 0.6) is 0 Å². The van der Waals surface area contributed by atoms with Crippen LogP contribution in [0, 0.1) is 12.3 Å². The highest BCUT2D eigenvalue weighted by molar-refractivity contribution is 5.77. The number of hydrogen-bond donors (Lipinski definition) is 2. The Hall–Kier alpha value is -1.01. The number of rotatable bonds is 4. The molecule has 1 amide bonds. The van der Waals surface area contributed by atoms with E-state index in [2.05, 4.69) is 11.2 Å². The Morgan fingerprint density at radius 2 is 2.23 bits per heavy atom. The van der Waals surface area contributed by atoms with Crippen molar-refractivity contribution in [3.63, 3.8) is 0 Å².